The van der Waals surface area contributed by atoms with Crippen molar-refractivity contribution in [3.8, 4) is 11.8 Å². The zero-order chi connectivity index (χ0) is 13.1. The molecule has 1 heterocycles. The van der Waals surface area contributed by atoms with E-state index in [0.29, 0.717) is 5.52 Å². The maximum atomic E-state index is 9.70. The van der Waals surface area contributed by atoms with Gasteiger partial charge in [-0.15, -0.1) is 0 Å². The number of rotatable bonds is 2. The van der Waals surface area contributed by atoms with Gasteiger partial charge in [-0.2, -0.15) is 5.26 Å². The van der Waals surface area contributed by atoms with E-state index in [9.17, 15) is 5.11 Å². The van der Waals surface area contributed by atoms with Gasteiger partial charge in [-0.05, 0) is 23.8 Å². The maximum Gasteiger partial charge on any atom is 0.141 e. The minimum atomic E-state index is 0.0441. The van der Waals surface area contributed by atoms with Crippen LogP contribution in [-0.4, -0.2) is 15.1 Å². The van der Waals surface area contributed by atoms with Gasteiger partial charge in [0.15, 0.2) is 0 Å². The summed E-state index contributed by atoms with van der Waals surface area (Å²) in [6, 6.07) is 8.72. The van der Waals surface area contributed by atoms with Crippen molar-refractivity contribution in [2.24, 2.45) is 5.73 Å². The number of phenols is 1. The van der Waals surface area contributed by atoms with Crippen LogP contribution in [0.4, 0.5) is 0 Å². The summed E-state index contributed by atoms with van der Waals surface area (Å²) in [6.07, 6.45) is 3.18. The second kappa shape index (κ2) is 4.82. The van der Waals surface area contributed by atoms with Gasteiger partial charge in [0.1, 0.15) is 22.3 Å². The number of nitrogens with zero attached hydrogens (tertiary/aromatic N) is 2. The van der Waals surface area contributed by atoms with Gasteiger partial charge in [0.25, 0.3) is 0 Å². The van der Waals surface area contributed by atoms with E-state index in [1.807, 2.05) is 12.1 Å². The highest BCUT2D eigenvalue weighted by molar-refractivity contribution is 7.80. The third kappa shape index (κ3) is 2.14. The van der Waals surface area contributed by atoms with Crippen LogP contribution in [0.25, 0.3) is 17.0 Å². The monoisotopic (exact) mass is 255 g/mol. The van der Waals surface area contributed by atoms with Crippen LogP contribution in [0.5, 0.6) is 5.75 Å². The summed E-state index contributed by atoms with van der Waals surface area (Å²) >= 11 is 4.79. The fourth-order valence-electron chi connectivity index (χ4n) is 1.62. The second-order valence-corrected chi connectivity index (χ2v) is 4.05. The summed E-state index contributed by atoms with van der Waals surface area (Å²) < 4.78 is 0. The summed E-state index contributed by atoms with van der Waals surface area (Å²) in [5.74, 6) is 0.0941. The van der Waals surface area contributed by atoms with Gasteiger partial charge in [0.05, 0.1) is 5.57 Å². The lowest BCUT2D eigenvalue weighted by molar-refractivity contribution is 0.480. The summed E-state index contributed by atoms with van der Waals surface area (Å²) in [7, 11) is 0. The Bertz CT molecular complexity index is 701. The number of nitriles is 1. The lowest BCUT2D eigenvalue weighted by Gasteiger charge is -2.04. The first-order valence-corrected chi connectivity index (χ1v) is 5.52. The van der Waals surface area contributed by atoms with E-state index in [1.165, 1.54) is 6.07 Å². The Balaban J connectivity index is 2.71. The normalized spacial score (nSPS) is 11.2. The SMILES string of the molecule is N#CC(=Cc1ccc(O)c2ncccc12)C(N)=S. The van der Waals surface area contributed by atoms with Gasteiger partial charge in [0, 0.05) is 11.6 Å². The van der Waals surface area contributed by atoms with Crippen LogP contribution in [0.2, 0.25) is 0 Å². The predicted molar refractivity (Wildman–Crippen MR) is 73.8 cm³/mol. The molecule has 0 radical (unpaired) electrons. The number of fused-ring (bicyclic) bond motifs is 1. The largest absolute Gasteiger partial charge is 0.506 e. The molecule has 0 saturated carbocycles. The number of aromatic hydroxyl groups is 1. The summed E-state index contributed by atoms with van der Waals surface area (Å²) in [4.78, 5) is 4.14. The van der Waals surface area contributed by atoms with E-state index in [0.717, 1.165) is 10.9 Å². The highest BCUT2D eigenvalue weighted by Gasteiger charge is 2.06. The average molecular weight is 255 g/mol. The van der Waals surface area contributed by atoms with Crippen LogP contribution < -0.4 is 5.73 Å². The Morgan fingerprint density at radius 3 is 2.89 bits per heavy atom. The first-order valence-electron chi connectivity index (χ1n) is 5.12. The molecule has 0 aliphatic rings. The zero-order valence-electron chi connectivity index (χ0n) is 9.29. The first-order chi connectivity index (χ1) is 8.63. The highest BCUT2D eigenvalue weighted by Crippen LogP contribution is 2.26. The topological polar surface area (TPSA) is 82.9 Å². The molecule has 1 aromatic carbocycles. The summed E-state index contributed by atoms with van der Waals surface area (Å²) in [6.45, 7) is 0. The van der Waals surface area contributed by atoms with Crippen LogP contribution in [-0.2, 0) is 0 Å². The minimum absolute atomic E-state index is 0.0441. The van der Waals surface area contributed by atoms with Crippen molar-refractivity contribution in [3.05, 3.63) is 41.6 Å². The summed E-state index contributed by atoms with van der Waals surface area (Å²) in [5.41, 5.74) is 6.88. The lowest BCUT2D eigenvalue weighted by atomic mass is 10.1. The number of hydrogen-bond acceptors (Lipinski definition) is 4. The molecular formula is C13H9N3OS. The van der Waals surface area contributed by atoms with Crippen molar-refractivity contribution in [2.75, 3.05) is 0 Å². The predicted octanol–water partition coefficient (Wildman–Crippen LogP) is 2.13. The third-order valence-corrected chi connectivity index (χ3v) is 2.69. The Morgan fingerprint density at radius 2 is 2.22 bits per heavy atom. The Kier molecular flexibility index (Phi) is 3.22. The number of pyridine rings is 1. The number of aromatic nitrogens is 1. The van der Waals surface area contributed by atoms with Gasteiger partial charge in [-0.25, -0.2) is 0 Å². The number of thiocarbonyl (C=S) groups is 1. The minimum Gasteiger partial charge on any atom is -0.506 e. The number of phenolic OH excluding ortho intramolecular Hbond substituents is 1. The van der Waals surface area contributed by atoms with E-state index < -0.39 is 0 Å². The average Bonchev–Trinajstić information content (AvgIpc) is 2.38. The highest BCUT2D eigenvalue weighted by atomic mass is 32.1. The molecule has 0 atom stereocenters. The molecule has 2 rings (SSSR count). The van der Waals surface area contributed by atoms with Crippen LogP contribution in [0.3, 0.4) is 0 Å². The lowest BCUT2D eigenvalue weighted by Crippen LogP contribution is -2.09. The van der Waals surface area contributed by atoms with Crippen molar-refractivity contribution in [1.82, 2.24) is 4.98 Å². The van der Waals surface area contributed by atoms with Crippen LogP contribution >= 0.6 is 12.2 Å². The Labute approximate surface area is 109 Å². The molecule has 0 aliphatic heterocycles. The Hall–Kier alpha value is -2.45. The van der Waals surface area contributed by atoms with Crippen molar-refractivity contribution in [2.45, 2.75) is 0 Å². The molecule has 0 aliphatic carbocycles. The zero-order valence-corrected chi connectivity index (χ0v) is 10.1. The number of benzene rings is 1. The molecule has 0 unspecified atom stereocenters. The molecule has 0 bridgehead atoms. The second-order valence-electron chi connectivity index (χ2n) is 3.61. The van der Waals surface area contributed by atoms with E-state index in [-0.39, 0.29) is 16.3 Å². The first kappa shape index (κ1) is 12.0. The standard InChI is InChI=1S/C13H9N3OS/c14-7-9(13(15)18)6-8-3-4-11(17)12-10(8)2-1-5-16-12/h1-6,17H,(H2,15,18). The molecule has 0 amide bonds. The quantitative estimate of drug-likeness (QED) is 0.488. The molecule has 3 N–H and O–H groups in total. The van der Waals surface area contributed by atoms with Crippen LogP contribution in [0.1, 0.15) is 5.56 Å². The van der Waals surface area contributed by atoms with Gasteiger partial charge in [-0.3, -0.25) is 4.98 Å². The molecule has 1 aromatic heterocycles. The van der Waals surface area contributed by atoms with Gasteiger partial charge < -0.3 is 10.8 Å². The van der Waals surface area contributed by atoms with Crippen LogP contribution in [0.15, 0.2) is 36.0 Å². The van der Waals surface area contributed by atoms with E-state index in [2.05, 4.69) is 4.98 Å². The fraction of sp³-hybridized carbons (Fsp3) is 0. The Morgan fingerprint density at radius 1 is 1.44 bits per heavy atom. The van der Waals surface area contributed by atoms with Gasteiger partial charge in [-0.1, -0.05) is 24.4 Å². The smallest absolute Gasteiger partial charge is 0.141 e. The number of hydrogen-bond donors (Lipinski definition) is 2. The summed E-state index contributed by atoms with van der Waals surface area (Å²) in [5, 5.41) is 19.4. The van der Waals surface area contributed by atoms with Crippen molar-refractivity contribution in [1.29, 1.82) is 5.26 Å². The molecule has 88 valence electrons. The molecule has 0 fully saturated rings. The van der Waals surface area contributed by atoms with Crippen molar-refractivity contribution < 1.29 is 5.11 Å². The van der Waals surface area contributed by atoms with Crippen molar-refractivity contribution in [3.63, 3.8) is 0 Å². The van der Waals surface area contributed by atoms with E-state index in [1.54, 1.807) is 24.4 Å². The van der Waals surface area contributed by atoms with Crippen LogP contribution in [0, 0.1) is 11.3 Å². The van der Waals surface area contributed by atoms with Crippen molar-refractivity contribution >= 4 is 34.2 Å². The van der Waals surface area contributed by atoms with E-state index >= 15 is 0 Å². The van der Waals surface area contributed by atoms with Gasteiger partial charge >= 0.3 is 0 Å². The molecular weight excluding hydrogens is 246 g/mol. The molecule has 4 nitrogen and oxygen atoms in total. The molecule has 2 aromatic rings. The fourth-order valence-corrected chi connectivity index (χ4v) is 1.72. The maximum absolute atomic E-state index is 9.70. The third-order valence-electron chi connectivity index (χ3n) is 2.47. The number of nitrogens with two attached hydrogens (primary N) is 1. The van der Waals surface area contributed by atoms with Gasteiger partial charge in [0.2, 0.25) is 0 Å². The van der Waals surface area contributed by atoms with E-state index in [4.69, 9.17) is 23.2 Å². The molecule has 0 saturated heterocycles. The molecule has 18 heavy (non-hydrogen) atoms. The molecule has 5 heteroatoms. The molecule has 0 spiro atoms.